The number of halogens is 1. The molecule has 3 atom stereocenters. The first kappa shape index (κ1) is 20.6. The lowest BCUT2D eigenvalue weighted by molar-refractivity contribution is -0.138. The maximum Gasteiger partial charge on any atom is 0.357 e. The molecule has 2 N–H and O–H groups in total. The van der Waals surface area contributed by atoms with Gasteiger partial charge in [-0.1, -0.05) is 18.2 Å². The summed E-state index contributed by atoms with van der Waals surface area (Å²) in [5.74, 6) is -0.940. The van der Waals surface area contributed by atoms with Gasteiger partial charge in [-0.3, -0.25) is 14.3 Å². The second-order valence-corrected chi connectivity index (χ2v) is 9.09. The summed E-state index contributed by atoms with van der Waals surface area (Å²) in [6, 6.07) is 10.0. The Hall–Kier alpha value is -3.27. The van der Waals surface area contributed by atoms with Crippen LogP contribution in [0.4, 0.5) is 5.82 Å². The number of aromatic nitrogens is 3. The number of amides is 2. The van der Waals surface area contributed by atoms with E-state index in [4.69, 9.17) is 0 Å². The summed E-state index contributed by atoms with van der Waals surface area (Å²) >= 11 is 3.28. The van der Waals surface area contributed by atoms with Crippen LogP contribution in [0.3, 0.4) is 0 Å². The topological polar surface area (TPSA) is 117 Å². The van der Waals surface area contributed by atoms with Crippen molar-refractivity contribution in [3.8, 4) is 0 Å². The van der Waals surface area contributed by atoms with Crippen LogP contribution in [0, 0.1) is 12.8 Å². The molecular weight excluding hydrogens is 478 g/mol. The number of aromatic carboxylic acids is 1. The van der Waals surface area contributed by atoms with Crippen LogP contribution in [-0.2, 0) is 16.1 Å². The standard InChI is InChI=1S/C22H20BrN5O4/c1-11-5-6-13-15(7-11)27(26-20(13)22(31)32)10-19(29)28-14-8-12(14)9-16(28)21(30)25-18-4-2-3-17(23)24-18/h2-7,12,14,16H,8-10H2,1H3,(H,31,32)(H,24,25,30)/t12-,14-,16+/m1/s1. The first-order valence-corrected chi connectivity index (χ1v) is 11.1. The number of fused-ring (bicyclic) bond motifs is 2. The predicted octanol–water partition coefficient (Wildman–Crippen LogP) is 2.83. The lowest BCUT2D eigenvalue weighted by Gasteiger charge is -2.26. The Kier molecular flexibility index (Phi) is 4.96. The number of hydrogen-bond donors (Lipinski definition) is 2. The SMILES string of the molecule is Cc1ccc2c(C(=O)O)nn(CC(=O)N3[C@@H]4C[C@@H]4C[C@H]3C(=O)Nc3cccc(Br)n3)c2c1. The van der Waals surface area contributed by atoms with Gasteiger partial charge in [-0.2, -0.15) is 5.10 Å². The highest BCUT2D eigenvalue weighted by molar-refractivity contribution is 9.10. The molecule has 0 radical (unpaired) electrons. The fourth-order valence-electron chi connectivity index (χ4n) is 4.51. The molecule has 1 aliphatic carbocycles. The van der Waals surface area contributed by atoms with Crippen LogP contribution in [0.2, 0.25) is 0 Å². The van der Waals surface area contributed by atoms with Crippen molar-refractivity contribution in [3.05, 3.63) is 52.3 Å². The molecule has 2 amide bonds. The molecule has 164 valence electrons. The van der Waals surface area contributed by atoms with Gasteiger partial charge in [0.15, 0.2) is 5.69 Å². The van der Waals surface area contributed by atoms with Gasteiger partial charge in [0.2, 0.25) is 11.8 Å². The van der Waals surface area contributed by atoms with E-state index in [-0.39, 0.29) is 30.1 Å². The lowest BCUT2D eigenvalue weighted by atomic mass is 10.1. The van der Waals surface area contributed by atoms with Crippen LogP contribution < -0.4 is 5.32 Å². The third-order valence-electron chi connectivity index (χ3n) is 6.06. The predicted molar refractivity (Wildman–Crippen MR) is 119 cm³/mol. The second kappa shape index (κ2) is 7.70. The number of anilines is 1. The van der Waals surface area contributed by atoms with Crippen molar-refractivity contribution in [2.45, 2.75) is 38.4 Å². The van der Waals surface area contributed by atoms with Crippen molar-refractivity contribution >= 4 is 50.4 Å². The van der Waals surface area contributed by atoms with E-state index in [1.807, 2.05) is 19.1 Å². The molecule has 2 aromatic heterocycles. The van der Waals surface area contributed by atoms with Crippen LogP contribution in [0.5, 0.6) is 0 Å². The first-order valence-electron chi connectivity index (χ1n) is 10.3. The number of likely N-dealkylation sites (tertiary alicyclic amines) is 1. The molecule has 1 aromatic carbocycles. The van der Waals surface area contributed by atoms with Gasteiger partial charge < -0.3 is 15.3 Å². The highest BCUT2D eigenvalue weighted by atomic mass is 79.9. The monoisotopic (exact) mass is 497 g/mol. The Morgan fingerprint density at radius 2 is 2.03 bits per heavy atom. The average Bonchev–Trinajstić information content (AvgIpc) is 3.25. The van der Waals surface area contributed by atoms with Crippen LogP contribution in [-0.4, -0.2) is 54.6 Å². The molecule has 0 bridgehead atoms. The van der Waals surface area contributed by atoms with Gasteiger partial charge in [0, 0.05) is 11.4 Å². The number of aryl methyl sites for hydroxylation is 1. The minimum atomic E-state index is -1.15. The number of piperidine rings is 1. The summed E-state index contributed by atoms with van der Waals surface area (Å²) < 4.78 is 2.03. The molecule has 9 nitrogen and oxygen atoms in total. The number of benzene rings is 1. The van der Waals surface area contributed by atoms with Gasteiger partial charge in [0.25, 0.3) is 0 Å². The molecular formula is C22H20BrN5O4. The van der Waals surface area contributed by atoms with Crippen molar-refractivity contribution in [1.82, 2.24) is 19.7 Å². The number of carbonyl (C=O) groups is 3. The van der Waals surface area contributed by atoms with E-state index in [1.54, 1.807) is 29.2 Å². The Labute approximate surface area is 191 Å². The highest BCUT2D eigenvalue weighted by Crippen LogP contribution is 2.48. The molecule has 3 aromatic rings. The Morgan fingerprint density at radius 3 is 2.78 bits per heavy atom. The smallest absolute Gasteiger partial charge is 0.357 e. The highest BCUT2D eigenvalue weighted by Gasteiger charge is 2.56. The number of carboxylic acids is 1. The average molecular weight is 498 g/mol. The van der Waals surface area contributed by atoms with Gasteiger partial charge in [0.05, 0.1) is 5.52 Å². The van der Waals surface area contributed by atoms with E-state index in [1.165, 1.54) is 4.68 Å². The molecule has 1 saturated carbocycles. The molecule has 1 aliphatic heterocycles. The quantitative estimate of drug-likeness (QED) is 0.523. The van der Waals surface area contributed by atoms with E-state index >= 15 is 0 Å². The fourth-order valence-corrected chi connectivity index (χ4v) is 4.85. The summed E-state index contributed by atoms with van der Waals surface area (Å²) in [5.41, 5.74) is 1.43. The van der Waals surface area contributed by atoms with Crippen LogP contribution >= 0.6 is 15.9 Å². The minimum Gasteiger partial charge on any atom is -0.476 e. The molecule has 1 saturated heterocycles. The molecule has 3 heterocycles. The Bertz CT molecular complexity index is 1270. The van der Waals surface area contributed by atoms with Gasteiger partial charge in [-0.15, -0.1) is 0 Å². The van der Waals surface area contributed by atoms with E-state index in [9.17, 15) is 19.5 Å². The maximum absolute atomic E-state index is 13.3. The summed E-state index contributed by atoms with van der Waals surface area (Å²) in [6.45, 7) is 1.76. The minimum absolute atomic E-state index is 0.0382. The molecule has 2 aliphatic rings. The Balaban J connectivity index is 1.39. The summed E-state index contributed by atoms with van der Waals surface area (Å²) in [7, 11) is 0. The molecule has 0 unspecified atom stereocenters. The molecule has 5 rings (SSSR count). The third-order valence-corrected chi connectivity index (χ3v) is 6.50. The van der Waals surface area contributed by atoms with E-state index in [0.717, 1.165) is 12.0 Å². The number of rotatable bonds is 5. The second-order valence-electron chi connectivity index (χ2n) is 8.28. The molecule has 32 heavy (non-hydrogen) atoms. The number of hydrogen-bond acceptors (Lipinski definition) is 5. The van der Waals surface area contributed by atoms with Gasteiger partial charge in [-0.05, 0) is 65.4 Å². The fraction of sp³-hybridized carbons (Fsp3) is 0.318. The lowest BCUT2D eigenvalue weighted by Crippen LogP contribution is -2.46. The molecule has 0 spiro atoms. The molecule has 10 heteroatoms. The van der Waals surface area contributed by atoms with Crippen LogP contribution in [0.25, 0.3) is 10.9 Å². The third kappa shape index (κ3) is 3.64. The van der Waals surface area contributed by atoms with Gasteiger partial charge in [-0.25, -0.2) is 9.78 Å². The number of carboxylic acid groups (broad SMARTS) is 1. The van der Waals surface area contributed by atoms with Crippen molar-refractivity contribution in [2.24, 2.45) is 5.92 Å². The van der Waals surface area contributed by atoms with Crippen molar-refractivity contribution in [2.75, 3.05) is 5.32 Å². The zero-order valence-electron chi connectivity index (χ0n) is 17.2. The summed E-state index contributed by atoms with van der Waals surface area (Å²) in [5, 5.41) is 17.0. The zero-order valence-corrected chi connectivity index (χ0v) is 18.7. The van der Waals surface area contributed by atoms with E-state index in [0.29, 0.717) is 33.7 Å². The van der Waals surface area contributed by atoms with E-state index in [2.05, 4.69) is 31.3 Å². The first-order chi connectivity index (χ1) is 15.3. The molecule has 2 fully saturated rings. The van der Waals surface area contributed by atoms with Crippen LogP contribution in [0.15, 0.2) is 41.0 Å². The van der Waals surface area contributed by atoms with E-state index < -0.39 is 12.0 Å². The van der Waals surface area contributed by atoms with Crippen molar-refractivity contribution < 1.29 is 19.5 Å². The normalized spacial score (nSPS) is 21.4. The number of carbonyl (C=O) groups excluding carboxylic acids is 2. The zero-order chi connectivity index (χ0) is 22.6. The van der Waals surface area contributed by atoms with Gasteiger partial charge >= 0.3 is 5.97 Å². The Morgan fingerprint density at radius 1 is 1.22 bits per heavy atom. The van der Waals surface area contributed by atoms with Crippen molar-refractivity contribution in [3.63, 3.8) is 0 Å². The largest absolute Gasteiger partial charge is 0.476 e. The van der Waals surface area contributed by atoms with Crippen LogP contribution in [0.1, 0.15) is 28.9 Å². The number of pyridine rings is 1. The number of nitrogens with one attached hydrogen (secondary N) is 1. The van der Waals surface area contributed by atoms with Crippen molar-refractivity contribution in [1.29, 1.82) is 0 Å². The van der Waals surface area contributed by atoms with Gasteiger partial charge in [0.1, 0.15) is 23.0 Å². The maximum atomic E-state index is 13.3. The number of nitrogens with zero attached hydrogens (tertiary/aromatic N) is 4. The summed E-state index contributed by atoms with van der Waals surface area (Å²) in [4.78, 5) is 43.7. The summed E-state index contributed by atoms with van der Waals surface area (Å²) in [6.07, 6.45) is 1.49.